The molecular weight excluding hydrogens is 428 g/mol. The molecule has 32 heavy (non-hydrogen) atoms. The lowest BCUT2D eigenvalue weighted by Gasteiger charge is -2.38. The largest absolute Gasteiger partial charge is 0.508 e. The maximum Gasteiger partial charge on any atom is 0.335 e. The maximum absolute atomic E-state index is 12.6. The Balaban J connectivity index is 1.60. The first-order chi connectivity index (χ1) is 15.2. The van der Waals surface area contributed by atoms with E-state index in [0.717, 1.165) is 6.07 Å². The number of benzene rings is 2. The van der Waals surface area contributed by atoms with E-state index in [4.69, 9.17) is 19.3 Å². The Morgan fingerprint density at radius 2 is 1.69 bits per heavy atom. The predicted molar refractivity (Wildman–Crippen MR) is 103 cm³/mol. The van der Waals surface area contributed by atoms with Gasteiger partial charge in [0.2, 0.25) is 6.29 Å². The van der Waals surface area contributed by atoms with Gasteiger partial charge in [-0.2, -0.15) is 0 Å². The second kappa shape index (κ2) is 8.28. The zero-order valence-corrected chi connectivity index (χ0v) is 16.4. The molecule has 0 bridgehead atoms. The topological polar surface area (TPSA) is 183 Å². The van der Waals surface area contributed by atoms with Crippen LogP contribution in [0.15, 0.2) is 36.4 Å². The molecule has 4 rings (SSSR count). The minimum Gasteiger partial charge on any atom is -0.508 e. The highest BCUT2D eigenvalue weighted by molar-refractivity contribution is 6.02. The molecule has 11 nitrogen and oxygen atoms in total. The number of ketones is 1. The van der Waals surface area contributed by atoms with Gasteiger partial charge in [-0.05, 0) is 17.7 Å². The molecule has 1 saturated heterocycles. The summed E-state index contributed by atoms with van der Waals surface area (Å²) in [5.74, 6) is -2.55. The highest BCUT2D eigenvalue weighted by Crippen LogP contribution is 2.42. The van der Waals surface area contributed by atoms with Crippen molar-refractivity contribution in [3.63, 3.8) is 0 Å². The average Bonchev–Trinajstić information content (AvgIpc) is 2.73. The van der Waals surface area contributed by atoms with Crippen molar-refractivity contribution >= 4 is 11.8 Å². The monoisotopic (exact) mass is 448 g/mol. The molecule has 170 valence electrons. The SMILES string of the molecule is O=C1CC(c2ccc(O)cc2)Oc2cc(OC3O[C@H](C(=O)O)[C@@H](O)[C@H](O)[C@H]3O)cc(O)c21. The molecule has 0 aliphatic carbocycles. The number of carboxylic acids is 1. The molecule has 11 heteroatoms. The number of rotatable bonds is 4. The molecule has 2 aromatic carbocycles. The summed E-state index contributed by atoms with van der Waals surface area (Å²) in [6.07, 6.45) is -9.86. The van der Waals surface area contributed by atoms with Crippen LogP contribution < -0.4 is 9.47 Å². The Morgan fingerprint density at radius 1 is 1.00 bits per heavy atom. The molecule has 1 fully saturated rings. The summed E-state index contributed by atoms with van der Waals surface area (Å²) in [6, 6.07) is 8.37. The van der Waals surface area contributed by atoms with E-state index in [1.54, 1.807) is 12.1 Å². The number of aliphatic hydroxyl groups is 3. The van der Waals surface area contributed by atoms with E-state index in [1.165, 1.54) is 18.2 Å². The van der Waals surface area contributed by atoms with Gasteiger partial charge in [-0.3, -0.25) is 4.79 Å². The van der Waals surface area contributed by atoms with Gasteiger partial charge < -0.3 is 44.8 Å². The summed E-state index contributed by atoms with van der Waals surface area (Å²) in [5.41, 5.74) is 0.538. The molecule has 2 heterocycles. The van der Waals surface area contributed by atoms with Crippen LogP contribution in [-0.2, 0) is 9.53 Å². The van der Waals surface area contributed by atoms with Crippen LogP contribution in [0.25, 0.3) is 0 Å². The van der Waals surface area contributed by atoms with Crippen molar-refractivity contribution in [3.8, 4) is 23.0 Å². The number of aliphatic hydroxyl groups excluding tert-OH is 3. The van der Waals surface area contributed by atoms with Crippen LogP contribution in [0.4, 0.5) is 0 Å². The van der Waals surface area contributed by atoms with E-state index in [2.05, 4.69) is 0 Å². The number of hydrogen-bond donors (Lipinski definition) is 6. The Bertz CT molecular complexity index is 1030. The number of carbonyl (C=O) groups excluding carboxylic acids is 1. The molecule has 0 aromatic heterocycles. The lowest BCUT2D eigenvalue weighted by Crippen LogP contribution is -2.61. The molecule has 2 aliphatic rings. The van der Waals surface area contributed by atoms with Gasteiger partial charge in [0.1, 0.15) is 53.0 Å². The van der Waals surface area contributed by atoms with Crippen LogP contribution >= 0.6 is 0 Å². The number of ether oxygens (including phenoxy) is 3. The summed E-state index contributed by atoms with van der Waals surface area (Å²) in [4.78, 5) is 23.8. The molecule has 0 radical (unpaired) electrons. The van der Waals surface area contributed by atoms with Gasteiger partial charge in [-0.15, -0.1) is 0 Å². The van der Waals surface area contributed by atoms with Crippen molar-refractivity contribution in [2.75, 3.05) is 0 Å². The van der Waals surface area contributed by atoms with E-state index >= 15 is 0 Å². The van der Waals surface area contributed by atoms with Gasteiger partial charge in [-0.1, -0.05) is 12.1 Å². The van der Waals surface area contributed by atoms with E-state index in [-0.39, 0.29) is 29.2 Å². The minimum absolute atomic E-state index is 0.0185. The fourth-order valence-corrected chi connectivity index (χ4v) is 3.64. The Labute approximate surface area is 180 Å². The van der Waals surface area contributed by atoms with Crippen LogP contribution in [0.3, 0.4) is 0 Å². The van der Waals surface area contributed by atoms with Crippen molar-refractivity contribution in [3.05, 3.63) is 47.5 Å². The summed E-state index contributed by atoms with van der Waals surface area (Å²) >= 11 is 0. The Kier molecular flexibility index (Phi) is 5.65. The second-order valence-corrected chi connectivity index (χ2v) is 7.49. The lowest BCUT2D eigenvalue weighted by molar-refractivity contribution is -0.271. The molecule has 2 aliphatic heterocycles. The smallest absolute Gasteiger partial charge is 0.335 e. The first-order valence-electron chi connectivity index (χ1n) is 9.60. The van der Waals surface area contributed by atoms with Crippen molar-refractivity contribution in [2.24, 2.45) is 0 Å². The Morgan fingerprint density at radius 3 is 2.34 bits per heavy atom. The van der Waals surface area contributed by atoms with E-state index in [1.807, 2.05) is 0 Å². The predicted octanol–water partition coefficient (Wildman–Crippen LogP) is 0.0753. The third-order valence-corrected chi connectivity index (χ3v) is 5.30. The zero-order valence-electron chi connectivity index (χ0n) is 16.4. The van der Waals surface area contributed by atoms with E-state index < -0.39 is 54.3 Å². The van der Waals surface area contributed by atoms with Crippen LogP contribution in [-0.4, -0.2) is 73.1 Å². The minimum atomic E-state index is -1.88. The molecule has 0 amide bonds. The molecule has 2 aromatic rings. The summed E-state index contributed by atoms with van der Waals surface area (Å²) in [7, 11) is 0. The number of phenols is 2. The molecular formula is C21H20O11. The van der Waals surface area contributed by atoms with Crippen molar-refractivity contribution in [2.45, 2.75) is 43.2 Å². The van der Waals surface area contributed by atoms with Crippen molar-refractivity contribution in [1.82, 2.24) is 0 Å². The fraction of sp³-hybridized carbons (Fsp3) is 0.333. The summed E-state index contributed by atoms with van der Waals surface area (Å²) in [6.45, 7) is 0. The first kappa shape index (κ1) is 21.8. The van der Waals surface area contributed by atoms with Crippen molar-refractivity contribution in [1.29, 1.82) is 0 Å². The fourth-order valence-electron chi connectivity index (χ4n) is 3.64. The molecule has 0 saturated carbocycles. The highest BCUT2D eigenvalue weighted by Gasteiger charge is 2.48. The van der Waals surface area contributed by atoms with E-state index in [0.29, 0.717) is 5.56 Å². The third-order valence-electron chi connectivity index (χ3n) is 5.30. The maximum atomic E-state index is 12.6. The van der Waals surface area contributed by atoms with Gasteiger partial charge in [0.05, 0.1) is 6.42 Å². The molecule has 6 N–H and O–H groups in total. The number of Topliss-reactive ketones (excluding diaryl/α,β-unsaturated/α-hetero) is 1. The van der Waals surface area contributed by atoms with Gasteiger partial charge in [-0.25, -0.2) is 4.79 Å². The van der Waals surface area contributed by atoms with Crippen LogP contribution in [0.2, 0.25) is 0 Å². The summed E-state index contributed by atoms with van der Waals surface area (Å²) < 4.78 is 16.3. The number of aromatic hydroxyl groups is 2. The van der Waals surface area contributed by atoms with Crippen LogP contribution in [0.1, 0.15) is 28.4 Å². The Hall–Kier alpha value is -3.38. The number of carbonyl (C=O) groups is 2. The third kappa shape index (κ3) is 3.94. The number of carboxylic acid groups (broad SMARTS) is 1. The number of hydrogen-bond acceptors (Lipinski definition) is 10. The van der Waals surface area contributed by atoms with E-state index in [9.17, 15) is 35.1 Å². The second-order valence-electron chi connectivity index (χ2n) is 7.49. The number of aliphatic carboxylic acids is 1. The van der Waals surface area contributed by atoms with Crippen LogP contribution in [0, 0.1) is 0 Å². The van der Waals surface area contributed by atoms with Gasteiger partial charge >= 0.3 is 5.97 Å². The normalized spacial score (nSPS) is 29.7. The highest BCUT2D eigenvalue weighted by atomic mass is 16.7. The molecule has 0 spiro atoms. The molecule has 6 atom stereocenters. The quantitative estimate of drug-likeness (QED) is 0.372. The van der Waals surface area contributed by atoms with Crippen molar-refractivity contribution < 1.29 is 54.4 Å². The van der Waals surface area contributed by atoms with Gasteiger partial charge in [0.25, 0.3) is 0 Å². The number of phenolic OH excluding ortho intramolecular Hbond substituents is 2. The number of fused-ring (bicyclic) bond motifs is 1. The lowest BCUT2D eigenvalue weighted by atomic mass is 9.95. The van der Waals surface area contributed by atoms with Gasteiger partial charge in [0, 0.05) is 12.1 Å². The zero-order chi connectivity index (χ0) is 23.2. The summed E-state index contributed by atoms with van der Waals surface area (Å²) in [5, 5.41) is 58.7. The standard InChI is InChI=1S/C21H20O11/c22-9-3-1-8(2-4-9)13-7-12(24)15-11(23)5-10(6-14(15)31-13)30-21-18(27)16(25)17(26)19(32-21)20(28)29/h1-6,13,16-19,21-23,25-27H,7H2,(H,28,29)/t13?,16-,17-,18+,19-,21?/m0/s1. The molecule has 2 unspecified atom stereocenters. The first-order valence-corrected chi connectivity index (χ1v) is 9.60. The average molecular weight is 448 g/mol. The van der Waals surface area contributed by atoms with Crippen LogP contribution in [0.5, 0.6) is 23.0 Å². The van der Waals surface area contributed by atoms with Gasteiger partial charge in [0.15, 0.2) is 11.9 Å².